The minimum Gasteiger partial charge on any atom is -0.103 e. The van der Waals surface area contributed by atoms with Crippen LogP contribution in [0.5, 0.6) is 0 Å². The van der Waals surface area contributed by atoms with E-state index in [1.54, 1.807) is 0 Å². The summed E-state index contributed by atoms with van der Waals surface area (Å²) < 4.78 is 0. The summed E-state index contributed by atoms with van der Waals surface area (Å²) in [4.78, 5) is 0. The van der Waals surface area contributed by atoms with Crippen molar-refractivity contribution >= 4 is 8.07 Å². The van der Waals surface area contributed by atoms with Gasteiger partial charge in [-0.1, -0.05) is 32.6 Å². The van der Waals surface area contributed by atoms with Crippen LogP contribution in [0.3, 0.4) is 0 Å². The average molecular weight is 128 g/mol. The van der Waals surface area contributed by atoms with Crippen LogP contribution in [0.15, 0.2) is 12.7 Å². The summed E-state index contributed by atoms with van der Waals surface area (Å²) in [6.45, 7) is 13.1. The van der Waals surface area contributed by atoms with E-state index < -0.39 is 8.07 Å². The molecule has 8 heavy (non-hydrogen) atoms. The topological polar surface area (TPSA) is 0 Å². The monoisotopic (exact) mass is 128 g/mol. The first kappa shape index (κ1) is 7.96. The molecule has 0 spiro atoms. The van der Waals surface area contributed by atoms with Crippen LogP contribution in [-0.4, -0.2) is 8.07 Å². The third-order valence-corrected chi connectivity index (χ3v) is 4.69. The fourth-order valence-electron chi connectivity index (χ4n) is 0.354. The molecule has 0 unspecified atom stereocenters. The number of hydrogen-bond acceptors (Lipinski definition) is 0. The zero-order chi connectivity index (χ0) is 6.78. The summed E-state index contributed by atoms with van der Waals surface area (Å²) in [5, 5.41) is 0. The van der Waals surface area contributed by atoms with E-state index in [0.717, 1.165) is 5.54 Å². The lowest BCUT2D eigenvalue weighted by atomic mass is 10.5. The maximum Gasteiger partial charge on any atom is 0.0509 e. The zero-order valence-corrected chi connectivity index (χ0v) is 7.36. The fraction of sp³-hybridized carbons (Fsp3) is 0.714. The molecule has 0 aliphatic rings. The van der Waals surface area contributed by atoms with E-state index in [9.17, 15) is 0 Å². The Bertz CT molecular complexity index is 78.9. The fourth-order valence-corrected chi connectivity index (χ4v) is 1.06. The SMILES string of the molecule is C=C[C@H](C)[Si](C)(C)C. The molecule has 1 heteroatoms. The van der Waals surface area contributed by atoms with E-state index in [1.807, 2.05) is 0 Å². The Morgan fingerprint density at radius 2 is 1.75 bits per heavy atom. The van der Waals surface area contributed by atoms with Gasteiger partial charge in [-0.25, -0.2) is 0 Å². The predicted octanol–water partition coefficient (Wildman–Crippen LogP) is 2.90. The minimum atomic E-state index is -0.879. The molecule has 0 amide bonds. The molecular weight excluding hydrogens is 112 g/mol. The van der Waals surface area contributed by atoms with Gasteiger partial charge < -0.3 is 0 Å². The van der Waals surface area contributed by atoms with Gasteiger partial charge in [-0.3, -0.25) is 0 Å². The van der Waals surface area contributed by atoms with Gasteiger partial charge in [0.25, 0.3) is 0 Å². The minimum absolute atomic E-state index is 0.752. The average Bonchev–Trinajstić information content (AvgIpc) is 1.62. The molecule has 0 aliphatic carbocycles. The lowest BCUT2D eigenvalue weighted by molar-refractivity contribution is 1.13. The molecule has 0 N–H and O–H groups in total. The Balaban J connectivity index is 3.80. The molecule has 0 fully saturated rings. The van der Waals surface area contributed by atoms with Crippen molar-refractivity contribution in [1.82, 2.24) is 0 Å². The Kier molecular flexibility index (Phi) is 2.48. The summed E-state index contributed by atoms with van der Waals surface area (Å²) in [7, 11) is -0.879. The summed E-state index contributed by atoms with van der Waals surface area (Å²) in [5.74, 6) is 0. The summed E-state index contributed by atoms with van der Waals surface area (Å²) >= 11 is 0. The summed E-state index contributed by atoms with van der Waals surface area (Å²) in [5.41, 5.74) is 0.752. The molecule has 0 radical (unpaired) electrons. The van der Waals surface area contributed by atoms with Crippen molar-refractivity contribution in [1.29, 1.82) is 0 Å². The first-order valence-corrected chi connectivity index (χ1v) is 6.68. The molecule has 1 atom stereocenters. The van der Waals surface area contributed by atoms with Crippen LogP contribution in [0.25, 0.3) is 0 Å². The molecule has 0 heterocycles. The van der Waals surface area contributed by atoms with Gasteiger partial charge in [-0.15, -0.1) is 6.58 Å². The molecule has 0 nitrogen and oxygen atoms in total. The molecule has 48 valence electrons. The second-order valence-electron chi connectivity index (χ2n) is 3.39. The highest BCUT2D eigenvalue weighted by Gasteiger charge is 2.18. The molecule has 0 aromatic rings. The first-order valence-electron chi connectivity index (χ1n) is 3.11. The van der Waals surface area contributed by atoms with Crippen LogP contribution in [0.1, 0.15) is 6.92 Å². The van der Waals surface area contributed by atoms with Crippen LogP contribution in [0.2, 0.25) is 25.2 Å². The van der Waals surface area contributed by atoms with Crippen molar-refractivity contribution in [2.24, 2.45) is 0 Å². The van der Waals surface area contributed by atoms with Crippen molar-refractivity contribution in [2.75, 3.05) is 0 Å². The van der Waals surface area contributed by atoms with Gasteiger partial charge in [0.15, 0.2) is 0 Å². The third-order valence-electron chi connectivity index (χ3n) is 1.72. The van der Waals surface area contributed by atoms with Crippen LogP contribution in [0.4, 0.5) is 0 Å². The van der Waals surface area contributed by atoms with E-state index in [-0.39, 0.29) is 0 Å². The largest absolute Gasteiger partial charge is 0.103 e. The maximum atomic E-state index is 3.76. The Morgan fingerprint density at radius 3 is 1.75 bits per heavy atom. The van der Waals surface area contributed by atoms with Crippen molar-refractivity contribution in [2.45, 2.75) is 32.1 Å². The van der Waals surface area contributed by atoms with Gasteiger partial charge >= 0.3 is 0 Å². The standard InChI is InChI=1S/C7H16Si/c1-6-7(2)8(3,4)5/h6-7H,1H2,2-5H3/t7-/m0/s1. The van der Waals surface area contributed by atoms with Gasteiger partial charge in [0.05, 0.1) is 8.07 Å². The Morgan fingerprint density at radius 1 is 1.38 bits per heavy atom. The summed E-state index contributed by atoms with van der Waals surface area (Å²) in [6, 6.07) is 0. The highest BCUT2D eigenvalue weighted by Crippen LogP contribution is 2.20. The summed E-state index contributed by atoms with van der Waals surface area (Å²) in [6.07, 6.45) is 2.06. The second kappa shape index (κ2) is 2.49. The molecule has 0 saturated heterocycles. The molecule has 0 aliphatic heterocycles. The van der Waals surface area contributed by atoms with E-state index >= 15 is 0 Å². The first-order chi connectivity index (χ1) is 3.48. The van der Waals surface area contributed by atoms with Crippen molar-refractivity contribution in [3.05, 3.63) is 12.7 Å². The lowest BCUT2D eigenvalue weighted by Gasteiger charge is -2.20. The van der Waals surface area contributed by atoms with Gasteiger partial charge in [0, 0.05) is 0 Å². The van der Waals surface area contributed by atoms with Crippen molar-refractivity contribution < 1.29 is 0 Å². The van der Waals surface area contributed by atoms with E-state index in [2.05, 4.69) is 39.2 Å². The molecular formula is C7H16Si. The van der Waals surface area contributed by atoms with Crippen molar-refractivity contribution in [3.63, 3.8) is 0 Å². The quantitative estimate of drug-likeness (QED) is 0.396. The molecule has 0 rings (SSSR count). The zero-order valence-electron chi connectivity index (χ0n) is 6.36. The van der Waals surface area contributed by atoms with Crippen LogP contribution < -0.4 is 0 Å². The Labute approximate surface area is 53.6 Å². The van der Waals surface area contributed by atoms with Gasteiger partial charge in [-0.2, -0.15) is 0 Å². The van der Waals surface area contributed by atoms with E-state index in [4.69, 9.17) is 0 Å². The maximum absolute atomic E-state index is 3.76. The molecule has 0 bridgehead atoms. The van der Waals surface area contributed by atoms with Crippen LogP contribution in [0, 0.1) is 0 Å². The molecule has 0 saturated carbocycles. The van der Waals surface area contributed by atoms with Crippen LogP contribution in [-0.2, 0) is 0 Å². The second-order valence-corrected chi connectivity index (χ2v) is 9.03. The highest BCUT2D eigenvalue weighted by molar-refractivity contribution is 6.77. The number of allylic oxidation sites excluding steroid dienone is 1. The van der Waals surface area contributed by atoms with Gasteiger partial charge in [0.2, 0.25) is 0 Å². The lowest BCUT2D eigenvalue weighted by Crippen LogP contribution is -2.24. The smallest absolute Gasteiger partial charge is 0.0509 e. The van der Waals surface area contributed by atoms with Gasteiger partial charge in [-0.05, 0) is 5.54 Å². The van der Waals surface area contributed by atoms with E-state index in [0.29, 0.717) is 0 Å². The molecule has 0 aromatic heterocycles. The van der Waals surface area contributed by atoms with Gasteiger partial charge in [0.1, 0.15) is 0 Å². The number of hydrogen-bond donors (Lipinski definition) is 0. The third kappa shape index (κ3) is 2.31. The predicted molar refractivity (Wildman–Crippen MR) is 43.0 cm³/mol. The van der Waals surface area contributed by atoms with E-state index in [1.165, 1.54) is 0 Å². The molecule has 0 aromatic carbocycles. The highest BCUT2D eigenvalue weighted by atomic mass is 28.3. The normalized spacial score (nSPS) is 15.5. The van der Waals surface area contributed by atoms with Crippen molar-refractivity contribution in [3.8, 4) is 0 Å². The Hall–Kier alpha value is -0.0431. The number of rotatable bonds is 2. The van der Waals surface area contributed by atoms with Crippen LogP contribution >= 0.6 is 0 Å².